The van der Waals surface area contributed by atoms with Gasteiger partial charge in [0.05, 0.1) is 0 Å². The van der Waals surface area contributed by atoms with E-state index < -0.39 is 11.8 Å². The van der Waals surface area contributed by atoms with Gasteiger partial charge >= 0.3 is 0 Å². The van der Waals surface area contributed by atoms with Crippen LogP contribution in [0.5, 0.6) is 0 Å². The lowest BCUT2D eigenvalue weighted by atomic mass is 9.53. The average molecular weight is 281 g/mol. The van der Waals surface area contributed by atoms with Gasteiger partial charge in [0.15, 0.2) is 0 Å². The highest BCUT2D eigenvalue weighted by atomic mass is 14.7. The number of hydrogen-bond donors (Lipinski definition) is 1. The van der Waals surface area contributed by atoms with E-state index in [-0.39, 0.29) is 10.8 Å². The highest BCUT2D eigenvalue weighted by Gasteiger charge is 2.48. The highest BCUT2D eigenvalue weighted by Crippen LogP contribution is 2.58. The van der Waals surface area contributed by atoms with E-state index in [2.05, 4.69) is 50.5 Å². The molecule has 3 atom stereocenters. The minimum Gasteiger partial charge on any atom is -0.361 e. The van der Waals surface area contributed by atoms with Crippen LogP contribution >= 0.6 is 0 Å². The maximum absolute atomic E-state index is 9.47. The normalized spacial score (nSPS) is 42.0. The summed E-state index contributed by atoms with van der Waals surface area (Å²) in [7, 11) is 0. The molecule has 1 saturated carbocycles. The van der Waals surface area contributed by atoms with Crippen LogP contribution in [0.25, 0.3) is 10.9 Å². The largest absolute Gasteiger partial charge is 0.361 e. The average Bonchev–Trinajstić information content (AvgIpc) is 2.95. The van der Waals surface area contributed by atoms with Crippen LogP contribution in [0.3, 0.4) is 0 Å². The molecule has 1 fully saturated rings. The van der Waals surface area contributed by atoms with Crippen LogP contribution in [0.1, 0.15) is 59.8 Å². The quantitative estimate of drug-likeness (QED) is 0.661. The Kier molecular flexibility index (Phi) is 2.13. The Balaban J connectivity index is 2.09. The van der Waals surface area contributed by atoms with E-state index >= 15 is 0 Å². The van der Waals surface area contributed by atoms with Crippen LogP contribution in [0.15, 0.2) is 37.1 Å². The zero-order valence-electron chi connectivity index (χ0n) is 15.2. The van der Waals surface area contributed by atoms with Gasteiger partial charge < -0.3 is 4.98 Å². The lowest BCUT2D eigenvalue weighted by Gasteiger charge is -2.51. The van der Waals surface area contributed by atoms with E-state index in [1.807, 2.05) is 12.3 Å². The number of allylic oxidation sites excluding steroid dienone is 1. The molecular weight excluding hydrogens is 254 g/mol. The third-order valence-electron chi connectivity index (χ3n) is 5.84. The van der Waals surface area contributed by atoms with E-state index in [1.54, 1.807) is 0 Å². The summed E-state index contributed by atoms with van der Waals surface area (Å²) in [6.07, 6.45) is 6.30. The number of H-pyrrole nitrogens is 1. The van der Waals surface area contributed by atoms with Gasteiger partial charge in [0.1, 0.15) is 0 Å². The summed E-state index contributed by atoms with van der Waals surface area (Å²) in [5.74, 6) is -1.74. The molecule has 0 saturated heterocycles. The summed E-state index contributed by atoms with van der Waals surface area (Å²) >= 11 is 0. The molecule has 1 nitrogen and oxygen atoms in total. The minimum atomic E-state index is -0.912. The van der Waals surface area contributed by atoms with Gasteiger partial charge in [-0.15, -0.1) is 6.58 Å². The summed E-state index contributed by atoms with van der Waals surface area (Å²) in [6.45, 7) is 10.5. The second-order valence-corrected chi connectivity index (χ2v) is 7.55. The van der Waals surface area contributed by atoms with Crippen molar-refractivity contribution in [2.45, 2.75) is 51.3 Å². The van der Waals surface area contributed by atoms with Crippen LogP contribution in [-0.4, -0.2) is 4.98 Å². The van der Waals surface area contributed by atoms with Crippen molar-refractivity contribution in [2.24, 2.45) is 11.3 Å². The zero-order valence-corrected chi connectivity index (χ0v) is 13.2. The minimum absolute atomic E-state index is 0.0712. The Morgan fingerprint density at radius 1 is 1.38 bits per heavy atom. The highest BCUT2D eigenvalue weighted by molar-refractivity contribution is 5.89. The topological polar surface area (TPSA) is 15.8 Å². The van der Waals surface area contributed by atoms with E-state index in [0.29, 0.717) is 6.42 Å². The molecule has 1 N–H and O–H groups in total. The predicted octanol–water partition coefficient (Wildman–Crippen LogP) is 5.54. The van der Waals surface area contributed by atoms with Crippen molar-refractivity contribution in [1.82, 2.24) is 4.98 Å². The van der Waals surface area contributed by atoms with Gasteiger partial charge in [-0.2, -0.15) is 0 Å². The van der Waals surface area contributed by atoms with Crippen molar-refractivity contribution in [2.75, 3.05) is 0 Å². The molecule has 0 amide bonds. The van der Waals surface area contributed by atoms with Gasteiger partial charge in [0, 0.05) is 19.8 Å². The summed E-state index contributed by atoms with van der Waals surface area (Å²) in [5.41, 5.74) is 2.88. The Morgan fingerprint density at radius 3 is 2.95 bits per heavy atom. The lowest BCUT2D eigenvalue weighted by molar-refractivity contribution is 0.128. The summed E-state index contributed by atoms with van der Waals surface area (Å²) in [6, 6.07) is 6.29. The first-order chi connectivity index (χ1) is 10.7. The van der Waals surface area contributed by atoms with Crippen LogP contribution in [0, 0.1) is 11.3 Å². The maximum atomic E-state index is 9.47. The molecule has 1 heteroatoms. The van der Waals surface area contributed by atoms with Crippen LogP contribution in [-0.2, 0) is 5.41 Å². The molecule has 21 heavy (non-hydrogen) atoms. The fourth-order valence-electron chi connectivity index (χ4n) is 4.39. The lowest BCUT2D eigenvalue weighted by Crippen LogP contribution is -2.42. The predicted molar refractivity (Wildman–Crippen MR) is 89.7 cm³/mol. The van der Waals surface area contributed by atoms with Gasteiger partial charge in [0.2, 0.25) is 0 Å². The van der Waals surface area contributed by atoms with Gasteiger partial charge in [0.25, 0.3) is 0 Å². The van der Waals surface area contributed by atoms with Gasteiger partial charge in [-0.05, 0) is 59.1 Å². The maximum Gasteiger partial charge on any atom is 0.0459 e. The van der Waals surface area contributed by atoms with Gasteiger partial charge in [-0.3, -0.25) is 0 Å². The zero-order chi connectivity index (χ0) is 16.7. The van der Waals surface area contributed by atoms with Crippen molar-refractivity contribution in [3.05, 3.63) is 48.2 Å². The number of fused-ring (bicyclic) bond motifs is 2. The molecule has 1 aromatic carbocycles. The third-order valence-corrected chi connectivity index (χ3v) is 5.84. The molecule has 2 aromatic rings. The SMILES string of the molecule is [2H][C@@]12CC[C@](C)(C=C)C[C@]1([2H])c1c[nH]c3cccc(c13)C2(C)C. The fraction of sp³-hybridized carbons (Fsp3) is 0.500. The molecule has 0 bridgehead atoms. The van der Waals surface area contributed by atoms with Crippen LogP contribution in [0.2, 0.25) is 0 Å². The molecular formula is C20H25N. The Morgan fingerprint density at radius 2 is 2.19 bits per heavy atom. The van der Waals surface area contributed by atoms with Crippen LogP contribution < -0.4 is 0 Å². The van der Waals surface area contributed by atoms with Crippen molar-refractivity contribution < 1.29 is 2.74 Å². The van der Waals surface area contributed by atoms with Crippen molar-refractivity contribution in [3.63, 3.8) is 0 Å². The first-order valence-electron chi connectivity index (χ1n) is 8.93. The fourth-order valence-corrected chi connectivity index (χ4v) is 4.39. The number of benzene rings is 1. The van der Waals surface area contributed by atoms with Gasteiger partial charge in [-0.25, -0.2) is 0 Å². The number of aromatic nitrogens is 1. The second kappa shape index (κ2) is 4.03. The standard InChI is InChI=1S/C20H25N/c1-5-20(4)10-9-15-13(11-20)14-12-21-17-8-6-7-16(18(14)17)19(15,2)3/h5-8,12-13,15,21H,1,9-11H2,2-4H3/t13-,15-,20+/m1/s1/i13D,15D. The molecule has 0 aliphatic heterocycles. The third kappa shape index (κ3) is 1.64. The molecule has 4 rings (SSSR count). The molecule has 110 valence electrons. The molecule has 2 aliphatic carbocycles. The van der Waals surface area contributed by atoms with Crippen LogP contribution in [0.4, 0.5) is 0 Å². The number of aromatic amines is 1. The van der Waals surface area contributed by atoms with E-state index in [9.17, 15) is 2.74 Å². The van der Waals surface area contributed by atoms with E-state index in [1.165, 1.54) is 10.9 Å². The molecule has 0 spiro atoms. The number of rotatable bonds is 1. The Hall–Kier alpha value is -1.50. The Labute approximate surface area is 130 Å². The van der Waals surface area contributed by atoms with Gasteiger partial charge in [-0.1, -0.05) is 39.0 Å². The summed E-state index contributed by atoms with van der Waals surface area (Å²) in [4.78, 5) is 3.35. The molecule has 0 unspecified atom stereocenters. The number of hydrogen-bond acceptors (Lipinski definition) is 0. The first-order valence-corrected chi connectivity index (χ1v) is 7.93. The van der Waals surface area contributed by atoms with E-state index in [4.69, 9.17) is 0 Å². The molecule has 1 heterocycles. The van der Waals surface area contributed by atoms with Crippen molar-refractivity contribution >= 4 is 10.9 Å². The summed E-state index contributed by atoms with van der Waals surface area (Å²) < 4.78 is 18.9. The van der Waals surface area contributed by atoms with E-state index in [0.717, 1.165) is 23.9 Å². The number of nitrogens with one attached hydrogen (secondary N) is 1. The first kappa shape index (κ1) is 11.1. The van der Waals surface area contributed by atoms with Crippen molar-refractivity contribution in [1.29, 1.82) is 0 Å². The smallest absolute Gasteiger partial charge is 0.0459 e. The molecule has 0 radical (unpaired) electrons. The second-order valence-electron chi connectivity index (χ2n) is 7.55. The summed E-state index contributed by atoms with van der Waals surface area (Å²) in [5, 5.41) is 1.17. The Bertz CT molecular complexity index is 820. The van der Waals surface area contributed by atoms with Crippen molar-refractivity contribution in [3.8, 4) is 0 Å². The molecule has 2 aliphatic rings. The monoisotopic (exact) mass is 281 g/mol. The molecule has 1 aromatic heterocycles.